The lowest BCUT2D eigenvalue weighted by atomic mass is 9.98. The topological polar surface area (TPSA) is 65.1 Å². The minimum atomic E-state index is -0.440. The first-order valence-electron chi connectivity index (χ1n) is 12.1. The monoisotopic (exact) mass is 460 g/mol. The van der Waals surface area contributed by atoms with Crippen molar-refractivity contribution in [1.29, 1.82) is 0 Å². The van der Waals surface area contributed by atoms with Crippen LogP contribution in [0.5, 0.6) is 0 Å². The summed E-state index contributed by atoms with van der Waals surface area (Å²) in [6.45, 7) is 2.70. The Morgan fingerprint density at radius 1 is 0.800 bits per heavy atom. The minimum Gasteiger partial charge on any atom is -0.366 e. The standard InChI is InChI=1S/C31H28N2O2/c1-2-3-10-21-17-18-25-28(19-21)33(27-16-9-15-26(29(25)27)31(32)35)20-23-13-7-8-14-24(23)30(34)22-11-5-4-6-12-22/h4-9,11-19H,2-3,10,20H2,1H3,(H2,32,35). The van der Waals surface area contributed by atoms with Gasteiger partial charge in [0.05, 0.1) is 5.52 Å². The first-order chi connectivity index (χ1) is 17.1. The van der Waals surface area contributed by atoms with Crippen LogP contribution in [0.25, 0.3) is 21.8 Å². The maximum atomic E-state index is 13.4. The van der Waals surface area contributed by atoms with E-state index in [0.717, 1.165) is 46.6 Å². The first kappa shape index (κ1) is 22.6. The number of primary amides is 1. The van der Waals surface area contributed by atoms with Gasteiger partial charge in [-0.3, -0.25) is 9.59 Å². The Kier molecular flexibility index (Phi) is 6.19. The van der Waals surface area contributed by atoms with Crippen LogP contribution in [0.4, 0.5) is 0 Å². The van der Waals surface area contributed by atoms with Gasteiger partial charge >= 0.3 is 0 Å². The number of aryl methyl sites for hydroxylation is 1. The van der Waals surface area contributed by atoms with Gasteiger partial charge in [-0.05, 0) is 42.2 Å². The smallest absolute Gasteiger partial charge is 0.249 e. The predicted molar refractivity (Wildman–Crippen MR) is 142 cm³/mol. The Morgan fingerprint density at radius 2 is 1.54 bits per heavy atom. The first-order valence-corrected chi connectivity index (χ1v) is 12.1. The van der Waals surface area contributed by atoms with Crippen molar-refractivity contribution < 1.29 is 9.59 Å². The molecule has 0 unspecified atom stereocenters. The molecule has 0 aliphatic carbocycles. The maximum Gasteiger partial charge on any atom is 0.249 e. The number of hydrogen-bond acceptors (Lipinski definition) is 2. The molecule has 0 fully saturated rings. The van der Waals surface area contributed by atoms with E-state index in [1.807, 2.05) is 66.7 Å². The molecule has 0 aliphatic rings. The molecular weight excluding hydrogens is 432 g/mol. The van der Waals surface area contributed by atoms with Crippen LogP contribution >= 0.6 is 0 Å². The number of hydrogen-bond donors (Lipinski definition) is 1. The number of benzene rings is 4. The fourth-order valence-corrected chi connectivity index (χ4v) is 4.90. The Morgan fingerprint density at radius 3 is 2.31 bits per heavy atom. The average molecular weight is 461 g/mol. The van der Waals surface area contributed by atoms with E-state index in [1.54, 1.807) is 6.07 Å². The van der Waals surface area contributed by atoms with E-state index >= 15 is 0 Å². The minimum absolute atomic E-state index is 0.00317. The second-order valence-electron chi connectivity index (χ2n) is 8.96. The lowest BCUT2D eigenvalue weighted by Gasteiger charge is -2.13. The van der Waals surface area contributed by atoms with Gasteiger partial charge in [-0.2, -0.15) is 0 Å². The number of nitrogens with zero attached hydrogens (tertiary/aromatic N) is 1. The molecular formula is C31H28N2O2. The quantitative estimate of drug-likeness (QED) is 0.268. The number of carbonyl (C=O) groups is 2. The average Bonchev–Trinajstić information content (AvgIpc) is 3.20. The lowest BCUT2D eigenvalue weighted by Crippen LogP contribution is -2.11. The van der Waals surface area contributed by atoms with Gasteiger partial charge < -0.3 is 10.3 Å². The molecule has 5 aromatic rings. The van der Waals surface area contributed by atoms with Crippen molar-refractivity contribution in [3.05, 3.63) is 119 Å². The van der Waals surface area contributed by atoms with Gasteiger partial charge in [0.15, 0.2) is 5.78 Å². The van der Waals surface area contributed by atoms with Gasteiger partial charge in [0.25, 0.3) is 0 Å². The molecule has 0 spiro atoms. The van der Waals surface area contributed by atoms with Crippen molar-refractivity contribution in [3.8, 4) is 0 Å². The molecule has 5 rings (SSSR count). The molecule has 0 aliphatic heterocycles. The zero-order valence-corrected chi connectivity index (χ0v) is 19.8. The van der Waals surface area contributed by atoms with Gasteiger partial charge in [0, 0.05) is 39.5 Å². The zero-order chi connectivity index (χ0) is 24.4. The molecule has 0 saturated heterocycles. The number of unbranched alkanes of at least 4 members (excludes halogenated alkanes) is 1. The predicted octanol–water partition coefficient (Wildman–Crippen LogP) is 6.52. The van der Waals surface area contributed by atoms with E-state index < -0.39 is 5.91 Å². The van der Waals surface area contributed by atoms with Crippen molar-refractivity contribution in [2.75, 3.05) is 0 Å². The largest absolute Gasteiger partial charge is 0.366 e. The van der Waals surface area contributed by atoms with Crippen LogP contribution in [0.3, 0.4) is 0 Å². The zero-order valence-electron chi connectivity index (χ0n) is 19.8. The Balaban J connectivity index is 1.70. The number of fused-ring (bicyclic) bond motifs is 3. The number of nitrogens with two attached hydrogens (primary N) is 1. The summed E-state index contributed by atoms with van der Waals surface area (Å²) < 4.78 is 2.21. The molecule has 0 bridgehead atoms. The van der Waals surface area contributed by atoms with Gasteiger partial charge in [-0.1, -0.05) is 86.1 Å². The number of amides is 1. The SMILES string of the molecule is CCCCc1ccc2c3c(C(N)=O)cccc3n(Cc3ccccc3C(=O)c3ccccc3)c2c1. The van der Waals surface area contributed by atoms with E-state index in [1.165, 1.54) is 5.56 Å². The highest BCUT2D eigenvalue weighted by Gasteiger charge is 2.19. The van der Waals surface area contributed by atoms with Crippen molar-refractivity contribution in [2.45, 2.75) is 32.7 Å². The van der Waals surface area contributed by atoms with Crippen LogP contribution in [-0.4, -0.2) is 16.3 Å². The van der Waals surface area contributed by atoms with Gasteiger partial charge in [-0.15, -0.1) is 0 Å². The van der Waals surface area contributed by atoms with E-state index in [2.05, 4.69) is 29.7 Å². The number of ketones is 1. The summed E-state index contributed by atoms with van der Waals surface area (Å²) in [7, 11) is 0. The third kappa shape index (κ3) is 4.24. The highest BCUT2D eigenvalue weighted by molar-refractivity contribution is 6.18. The number of carbonyl (C=O) groups excluding carboxylic acids is 2. The molecule has 174 valence electrons. The molecule has 4 heteroatoms. The molecule has 0 atom stereocenters. The fourth-order valence-electron chi connectivity index (χ4n) is 4.90. The lowest BCUT2D eigenvalue weighted by molar-refractivity contribution is 0.1000. The van der Waals surface area contributed by atoms with Crippen molar-refractivity contribution >= 4 is 33.5 Å². The number of rotatable bonds is 8. The third-order valence-electron chi connectivity index (χ3n) is 6.67. The van der Waals surface area contributed by atoms with Crippen molar-refractivity contribution in [3.63, 3.8) is 0 Å². The van der Waals surface area contributed by atoms with Crippen LogP contribution in [0.1, 0.15) is 57.2 Å². The summed E-state index contributed by atoms with van der Waals surface area (Å²) in [4.78, 5) is 25.7. The van der Waals surface area contributed by atoms with Crippen LogP contribution in [0.2, 0.25) is 0 Å². The second-order valence-corrected chi connectivity index (χ2v) is 8.96. The summed E-state index contributed by atoms with van der Waals surface area (Å²) in [6, 6.07) is 29.3. The second kappa shape index (κ2) is 9.59. The van der Waals surface area contributed by atoms with E-state index in [-0.39, 0.29) is 5.78 Å². The van der Waals surface area contributed by atoms with Crippen LogP contribution < -0.4 is 5.73 Å². The maximum absolute atomic E-state index is 13.4. The van der Waals surface area contributed by atoms with Gasteiger partial charge in [-0.25, -0.2) is 0 Å². The third-order valence-corrected chi connectivity index (χ3v) is 6.67. The molecule has 1 heterocycles. The fraction of sp³-hybridized carbons (Fsp3) is 0.161. The Hall–Kier alpha value is -4.18. The van der Waals surface area contributed by atoms with Gasteiger partial charge in [0.2, 0.25) is 5.91 Å². The molecule has 35 heavy (non-hydrogen) atoms. The highest BCUT2D eigenvalue weighted by Crippen LogP contribution is 2.33. The van der Waals surface area contributed by atoms with Crippen LogP contribution in [0, 0.1) is 0 Å². The summed E-state index contributed by atoms with van der Waals surface area (Å²) >= 11 is 0. The van der Waals surface area contributed by atoms with E-state index in [4.69, 9.17) is 5.73 Å². The summed E-state index contributed by atoms with van der Waals surface area (Å²) in [5.74, 6) is -0.437. The summed E-state index contributed by atoms with van der Waals surface area (Å²) in [5.41, 5.74) is 11.8. The molecule has 1 amide bonds. The molecule has 0 radical (unpaired) electrons. The summed E-state index contributed by atoms with van der Waals surface area (Å²) in [6.07, 6.45) is 3.24. The Labute approximate surface area is 205 Å². The normalized spacial score (nSPS) is 11.2. The van der Waals surface area contributed by atoms with Crippen LogP contribution in [-0.2, 0) is 13.0 Å². The molecule has 4 aromatic carbocycles. The van der Waals surface area contributed by atoms with Crippen LogP contribution in [0.15, 0.2) is 91.0 Å². The van der Waals surface area contributed by atoms with Gasteiger partial charge in [0.1, 0.15) is 0 Å². The molecule has 1 aromatic heterocycles. The molecule has 0 saturated carbocycles. The van der Waals surface area contributed by atoms with E-state index in [9.17, 15) is 9.59 Å². The van der Waals surface area contributed by atoms with E-state index in [0.29, 0.717) is 23.2 Å². The molecule has 2 N–H and O–H groups in total. The van der Waals surface area contributed by atoms with Crippen molar-refractivity contribution in [2.24, 2.45) is 5.73 Å². The summed E-state index contributed by atoms with van der Waals surface area (Å²) in [5, 5.41) is 1.87. The Bertz CT molecular complexity index is 1550. The highest BCUT2D eigenvalue weighted by atomic mass is 16.1. The molecule has 4 nitrogen and oxygen atoms in total. The number of aromatic nitrogens is 1. The van der Waals surface area contributed by atoms with Crippen molar-refractivity contribution in [1.82, 2.24) is 4.57 Å².